The number of hydrogen-bond acceptors (Lipinski definition) is 0. The number of hydrogen-bond donors (Lipinski definition) is 0. The Hall–Kier alpha value is -0.383. The van der Waals surface area contributed by atoms with Gasteiger partial charge in [-0.2, -0.15) is 0 Å². The molecule has 0 N–H and O–H groups in total. The normalized spacial score (nSPS) is 11.5. The van der Waals surface area contributed by atoms with Gasteiger partial charge in [-0.05, 0) is 12.1 Å². The molecule has 0 aliphatic carbocycles. The van der Waals surface area contributed by atoms with E-state index in [0.29, 0.717) is 0 Å². The van der Waals surface area contributed by atoms with Gasteiger partial charge >= 0.3 is 0 Å². The van der Waals surface area contributed by atoms with Crippen molar-refractivity contribution in [1.82, 2.24) is 0 Å². The van der Waals surface area contributed by atoms with E-state index in [1.54, 1.807) is 10.4 Å². The molecule has 0 saturated heterocycles. The third kappa shape index (κ3) is 3.39. The number of alkyl halides is 2. The summed E-state index contributed by atoms with van der Waals surface area (Å²) in [5.74, 6) is 0. The lowest BCUT2D eigenvalue weighted by Crippen LogP contribution is -2.58. The Morgan fingerprint density at radius 2 is 1.00 bits per heavy atom. The van der Waals surface area contributed by atoms with Crippen molar-refractivity contribution in [2.45, 2.75) is 12.1 Å². The van der Waals surface area contributed by atoms with E-state index in [0.717, 1.165) is 10.7 Å². The SMILES string of the molecule is BrCC[Si](CCBr)(c1ccccc1)c1ccccc1. The maximum Gasteiger partial charge on any atom is 0.119 e. The van der Waals surface area contributed by atoms with Crippen LogP contribution in [0.15, 0.2) is 60.7 Å². The third-order valence-electron chi connectivity index (χ3n) is 3.70. The smallest absolute Gasteiger partial charge is 0.0931 e. The third-order valence-corrected chi connectivity index (χ3v) is 11.0. The summed E-state index contributed by atoms with van der Waals surface area (Å²) in [7, 11) is -1.64. The number of halogens is 2. The van der Waals surface area contributed by atoms with Gasteiger partial charge in [-0.25, -0.2) is 0 Å². The zero-order valence-corrected chi connectivity index (χ0v) is 15.0. The molecule has 0 aliphatic rings. The first-order valence-corrected chi connectivity index (χ1v) is 11.2. The molecule has 2 aromatic rings. The molecule has 19 heavy (non-hydrogen) atoms. The highest BCUT2D eigenvalue weighted by Crippen LogP contribution is 2.19. The summed E-state index contributed by atoms with van der Waals surface area (Å²) in [6.45, 7) is 0. The highest BCUT2D eigenvalue weighted by atomic mass is 79.9. The number of rotatable bonds is 6. The van der Waals surface area contributed by atoms with Crippen LogP contribution in [-0.2, 0) is 0 Å². The van der Waals surface area contributed by atoms with Crippen LogP contribution in [0.1, 0.15) is 0 Å². The van der Waals surface area contributed by atoms with Crippen LogP contribution in [0.5, 0.6) is 0 Å². The Bertz CT molecular complexity index is 437. The van der Waals surface area contributed by atoms with Crippen LogP contribution in [-0.4, -0.2) is 18.7 Å². The summed E-state index contributed by atoms with van der Waals surface area (Å²) >= 11 is 7.34. The standard InChI is InChI=1S/C16H18Br2Si/c17-11-13-19(14-12-18,15-7-3-1-4-8-15)16-9-5-2-6-10-16/h1-10H,11-14H2. The van der Waals surface area contributed by atoms with Gasteiger partial charge in [0.15, 0.2) is 0 Å². The van der Waals surface area contributed by atoms with Gasteiger partial charge in [0, 0.05) is 10.7 Å². The fourth-order valence-corrected chi connectivity index (χ4v) is 10.8. The fourth-order valence-electron chi connectivity index (χ4n) is 2.71. The van der Waals surface area contributed by atoms with Crippen LogP contribution < -0.4 is 10.4 Å². The van der Waals surface area contributed by atoms with Crippen molar-refractivity contribution >= 4 is 50.3 Å². The fraction of sp³-hybridized carbons (Fsp3) is 0.250. The van der Waals surface area contributed by atoms with Crippen molar-refractivity contribution in [3.63, 3.8) is 0 Å². The first-order valence-electron chi connectivity index (χ1n) is 6.56. The second-order valence-corrected chi connectivity index (χ2v) is 10.6. The number of benzene rings is 2. The van der Waals surface area contributed by atoms with Crippen LogP contribution in [0, 0.1) is 0 Å². The predicted octanol–water partition coefficient (Wildman–Crippen LogP) is 4.04. The zero-order chi connectivity index (χ0) is 13.6. The monoisotopic (exact) mass is 396 g/mol. The first-order chi connectivity index (χ1) is 9.33. The molecular weight excluding hydrogens is 380 g/mol. The quantitative estimate of drug-likeness (QED) is 0.509. The average Bonchev–Trinajstić information content (AvgIpc) is 2.49. The molecule has 0 saturated carbocycles. The molecule has 0 bridgehead atoms. The van der Waals surface area contributed by atoms with Crippen molar-refractivity contribution in [2.24, 2.45) is 0 Å². The largest absolute Gasteiger partial charge is 0.119 e. The Kier molecular flexibility index (Phi) is 5.86. The molecule has 0 aliphatic heterocycles. The van der Waals surface area contributed by atoms with Crippen LogP contribution in [0.2, 0.25) is 12.1 Å². The van der Waals surface area contributed by atoms with Gasteiger partial charge < -0.3 is 0 Å². The molecular formula is C16H18Br2Si. The molecule has 100 valence electrons. The lowest BCUT2D eigenvalue weighted by Gasteiger charge is -2.32. The van der Waals surface area contributed by atoms with Crippen LogP contribution >= 0.6 is 31.9 Å². The minimum Gasteiger partial charge on any atom is -0.0931 e. The van der Waals surface area contributed by atoms with Gasteiger partial charge in [0.2, 0.25) is 0 Å². The first kappa shape index (κ1) is 15.0. The minimum atomic E-state index is -1.64. The van der Waals surface area contributed by atoms with Crippen molar-refractivity contribution in [3.8, 4) is 0 Å². The van der Waals surface area contributed by atoms with Gasteiger partial charge in [-0.3, -0.25) is 0 Å². The van der Waals surface area contributed by atoms with Crippen LogP contribution in [0.4, 0.5) is 0 Å². The molecule has 0 spiro atoms. The van der Waals surface area contributed by atoms with Gasteiger partial charge in [0.25, 0.3) is 0 Å². The summed E-state index contributed by atoms with van der Waals surface area (Å²) in [4.78, 5) is 0. The molecule has 2 aromatic carbocycles. The topological polar surface area (TPSA) is 0 Å². The van der Waals surface area contributed by atoms with E-state index in [-0.39, 0.29) is 0 Å². The summed E-state index contributed by atoms with van der Waals surface area (Å²) in [5.41, 5.74) is 0. The second kappa shape index (κ2) is 7.41. The molecule has 0 unspecified atom stereocenters. The van der Waals surface area contributed by atoms with E-state index in [1.165, 1.54) is 12.1 Å². The molecule has 0 fully saturated rings. The van der Waals surface area contributed by atoms with E-state index in [4.69, 9.17) is 0 Å². The minimum absolute atomic E-state index is 1.07. The zero-order valence-electron chi connectivity index (χ0n) is 10.9. The van der Waals surface area contributed by atoms with Gasteiger partial charge in [0.1, 0.15) is 8.07 Å². The molecule has 0 aromatic heterocycles. The predicted molar refractivity (Wildman–Crippen MR) is 95.1 cm³/mol. The summed E-state index contributed by atoms with van der Waals surface area (Å²) in [6.07, 6.45) is 0. The summed E-state index contributed by atoms with van der Waals surface area (Å²) in [5, 5.41) is 5.21. The molecule has 0 atom stereocenters. The van der Waals surface area contributed by atoms with Crippen molar-refractivity contribution < 1.29 is 0 Å². The Labute approximate surface area is 133 Å². The molecule has 0 radical (unpaired) electrons. The lowest BCUT2D eigenvalue weighted by atomic mass is 10.4. The van der Waals surface area contributed by atoms with E-state index in [2.05, 4.69) is 92.5 Å². The highest BCUT2D eigenvalue weighted by molar-refractivity contribution is 9.09. The van der Waals surface area contributed by atoms with Crippen LogP contribution in [0.25, 0.3) is 0 Å². The van der Waals surface area contributed by atoms with Gasteiger partial charge in [-0.15, -0.1) is 0 Å². The average molecular weight is 398 g/mol. The second-order valence-electron chi connectivity index (χ2n) is 4.69. The molecule has 0 amide bonds. The maximum atomic E-state index is 3.67. The highest BCUT2D eigenvalue weighted by Gasteiger charge is 2.35. The van der Waals surface area contributed by atoms with E-state index in [9.17, 15) is 0 Å². The van der Waals surface area contributed by atoms with Crippen molar-refractivity contribution in [3.05, 3.63) is 60.7 Å². The van der Waals surface area contributed by atoms with Gasteiger partial charge in [0.05, 0.1) is 0 Å². The van der Waals surface area contributed by atoms with E-state index >= 15 is 0 Å². The maximum absolute atomic E-state index is 3.67. The van der Waals surface area contributed by atoms with Crippen molar-refractivity contribution in [1.29, 1.82) is 0 Å². The van der Waals surface area contributed by atoms with Crippen LogP contribution in [0.3, 0.4) is 0 Å². The van der Waals surface area contributed by atoms with Crippen molar-refractivity contribution in [2.75, 3.05) is 10.7 Å². The Morgan fingerprint density at radius 3 is 1.32 bits per heavy atom. The molecule has 3 heteroatoms. The Morgan fingerprint density at radius 1 is 0.632 bits per heavy atom. The molecule has 0 heterocycles. The summed E-state index contributed by atoms with van der Waals surface area (Å²) < 4.78 is 0. The Balaban J connectivity index is 2.54. The molecule has 0 nitrogen and oxygen atoms in total. The van der Waals surface area contributed by atoms with E-state index < -0.39 is 8.07 Å². The molecule has 2 rings (SSSR count). The van der Waals surface area contributed by atoms with Gasteiger partial charge in [-0.1, -0.05) is 103 Å². The van der Waals surface area contributed by atoms with E-state index in [1.807, 2.05) is 0 Å². The summed E-state index contributed by atoms with van der Waals surface area (Å²) in [6, 6.07) is 24.6. The lowest BCUT2D eigenvalue weighted by molar-refractivity contribution is 1.33.